The Morgan fingerprint density at radius 1 is 0.868 bits per heavy atom. The van der Waals surface area contributed by atoms with E-state index in [4.69, 9.17) is 9.72 Å². The van der Waals surface area contributed by atoms with Gasteiger partial charge in [-0.15, -0.1) is 0 Å². The highest BCUT2D eigenvalue weighted by atomic mass is 16.5. The zero-order chi connectivity index (χ0) is 26.5. The van der Waals surface area contributed by atoms with Gasteiger partial charge in [0.25, 0.3) is 11.6 Å². The summed E-state index contributed by atoms with van der Waals surface area (Å²) in [4.78, 5) is 32.6. The fourth-order valence-electron chi connectivity index (χ4n) is 4.52. The number of aromatic amines is 1. The van der Waals surface area contributed by atoms with Gasteiger partial charge in [0.15, 0.2) is 5.82 Å². The quantitative estimate of drug-likeness (QED) is 0.305. The third-order valence-electron chi connectivity index (χ3n) is 6.37. The highest BCUT2D eigenvalue weighted by molar-refractivity contribution is 5.80. The molecular formula is C30H28N4O4. The molecule has 8 heteroatoms. The molecule has 0 saturated heterocycles. The highest BCUT2D eigenvalue weighted by Crippen LogP contribution is 2.30. The van der Waals surface area contributed by atoms with Crippen molar-refractivity contribution in [3.8, 4) is 28.5 Å². The first-order chi connectivity index (χ1) is 18.6. The van der Waals surface area contributed by atoms with E-state index in [0.29, 0.717) is 43.4 Å². The SMILES string of the molecule is CCOc1nc(CC)c(Cc2ccccc2)c(=O)n1Cc1ccc(-c2ccccc2-c2noc(=O)[nH]2)cc1. The van der Waals surface area contributed by atoms with Gasteiger partial charge >= 0.3 is 5.76 Å². The molecule has 0 aliphatic heterocycles. The Labute approximate surface area is 219 Å². The second kappa shape index (κ2) is 11.1. The van der Waals surface area contributed by atoms with Crippen molar-refractivity contribution in [2.75, 3.05) is 6.61 Å². The smallest absolute Gasteiger partial charge is 0.439 e. The van der Waals surface area contributed by atoms with E-state index in [9.17, 15) is 9.59 Å². The van der Waals surface area contributed by atoms with Crippen molar-refractivity contribution in [2.45, 2.75) is 33.2 Å². The van der Waals surface area contributed by atoms with Crippen molar-refractivity contribution in [2.24, 2.45) is 0 Å². The Kier molecular flexibility index (Phi) is 7.31. The molecule has 0 bridgehead atoms. The number of nitrogens with zero attached hydrogens (tertiary/aromatic N) is 3. The van der Waals surface area contributed by atoms with Crippen molar-refractivity contribution in [1.82, 2.24) is 19.7 Å². The van der Waals surface area contributed by atoms with Crippen molar-refractivity contribution in [3.63, 3.8) is 0 Å². The average Bonchev–Trinajstić information content (AvgIpc) is 3.39. The van der Waals surface area contributed by atoms with Crippen molar-refractivity contribution >= 4 is 0 Å². The lowest BCUT2D eigenvalue weighted by molar-refractivity contribution is 0.290. The summed E-state index contributed by atoms with van der Waals surface area (Å²) in [7, 11) is 0. The minimum Gasteiger partial charge on any atom is -0.465 e. The predicted octanol–water partition coefficient (Wildman–Crippen LogP) is 4.85. The maximum atomic E-state index is 13.7. The van der Waals surface area contributed by atoms with Crippen LogP contribution in [0, 0.1) is 0 Å². The summed E-state index contributed by atoms with van der Waals surface area (Å²) in [5, 5.41) is 3.83. The minimum absolute atomic E-state index is 0.0893. The number of nitrogens with one attached hydrogen (secondary N) is 1. The van der Waals surface area contributed by atoms with Gasteiger partial charge in [-0.3, -0.25) is 18.9 Å². The van der Waals surface area contributed by atoms with E-state index in [-0.39, 0.29) is 5.56 Å². The van der Waals surface area contributed by atoms with Crippen LogP contribution in [0.2, 0.25) is 0 Å². The van der Waals surface area contributed by atoms with E-state index in [1.54, 1.807) is 4.57 Å². The van der Waals surface area contributed by atoms with Gasteiger partial charge in [-0.05, 0) is 35.6 Å². The zero-order valence-corrected chi connectivity index (χ0v) is 21.3. The molecule has 0 atom stereocenters. The zero-order valence-electron chi connectivity index (χ0n) is 21.3. The molecule has 5 aromatic rings. The van der Waals surface area contributed by atoms with Crippen LogP contribution in [0.25, 0.3) is 22.5 Å². The molecule has 0 saturated carbocycles. The molecule has 0 aliphatic carbocycles. The Hall–Kier alpha value is -4.72. The summed E-state index contributed by atoms with van der Waals surface area (Å²) in [6.07, 6.45) is 1.16. The topological polar surface area (TPSA) is 103 Å². The van der Waals surface area contributed by atoms with Gasteiger partial charge < -0.3 is 4.74 Å². The van der Waals surface area contributed by atoms with Gasteiger partial charge in [0.1, 0.15) is 0 Å². The fraction of sp³-hybridized carbons (Fsp3) is 0.200. The number of aryl methyl sites for hydroxylation is 1. The third-order valence-corrected chi connectivity index (χ3v) is 6.37. The first-order valence-electron chi connectivity index (χ1n) is 12.6. The molecule has 192 valence electrons. The van der Waals surface area contributed by atoms with Gasteiger partial charge in [-0.1, -0.05) is 90.9 Å². The van der Waals surface area contributed by atoms with Crippen LogP contribution in [0.5, 0.6) is 6.01 Å². The van der Waals surface area contributed by atoms with Crippen LogP contribution in [0.4, 0.5) is 0 Å². The van der Waals surface area contributed by atoms with E-state index in [0.717, 1.165) is 33.5 Å². The normalized spacial score (nSPS) is 11.0. The van der Waals surface area contributed by atoms with Crippen molar-refractivity contribution in [1.29, 1.82) is 0 Å². The molecular weight excluding hydrogens is 480 g/mol. The Morgan fingerprint density at radius 2 is 1.58 bits per heavy atom. The summed E-state index contributed by atoms with van der Waals surface area (Å²) >= 11 is 0. The van der Waals surface area contributed by atoms with E-state index in [1.807, 2.05) is 92.7 Å². The number of ether oxygens (including phenoxy) is 1. The molecule has 0 fully saturated rings. The first-order valence-corrected chi connectivity index (χ1v) is 12.6. The highest BCUT2D eigenvalue weighted by Gasteiger charge is 2.18. The largest absolute Gasteiger partial charge is 0.465 e. The van der Waals surface area contributed by atoms with Crippen LogP contribution >= 0.6 is 0 Å². The molecule has 1 N–H and O–H groups in total. The van der Waals surface area contributed by atoms with Crippen molar-refractivity contribution < 1.29 is 9.26 Å². The van der Waals surface area contributed by atoms with E-state index >= 15 is 0 Å². The summed E-state index contributed by atoms with van der Waals surface area (Å²) in [6, 6.07) is 25.8. The van der Waals surface area contributed by atoms with Gasteiger partial charge in [0, 0.05) is 17.5 Å². The minimum atomic E-state index is -0.602. The first kappa shape index (κ1) is 25.0. The average molecular weight is 509 g/mol. The Bertz CT molecular complexity index is 1650. The predicted molar refractivity (Wildman–Crippen MR) is 145 cm³/mol. The Balaban J connectivity index is 1.49. The molecule has 3 aromatic carbocycles. The molecule has 8 nitrogen and oxygen atoms in total. The van der Waals surface area contributed by atoms with Gasteiger partial charge in [0.2, 0.25) is 0 Å². The van der Waals surface area contributed by atoms with Gasteiger partial charge in [0.05, 0.1) is 18.8 Å². The molecule has 0 amide bonds. The lowest BCUT2D eigenvalue weighted by atomic mass is 9.98. The van der Waals surface area contributed by atoms with Crippen LogP contribution in [-0.4, -0.2) is 26.3 Å². The maximum Gasteiger partial charge on any atom is 0.439 e. The molecule has 0 radical (unpaired) electrons. The monoisotopic (exact) mass is 508 g/mol. The summed E-state index contributed by atoms with van der Waals surface area (Å²) in [5.74, 6) is -0.231. The molecule has 2 aromatic heterocycles. The van der Waals surface area contributed by atoms with E-state index < -0.39 is 5.76 Å². The van der Waals surface area contributed by atoms with E-state index in [2.05, 4.69) is 14.7 Å². The second-order valence-electron chi connectivity index (χ2n) is 8.85. The summed E-state index contributed by atoms with van der Waals surface area (Å²) < 4.78 is 12.1. The number of hydrogen-bond donors (Lipinski definition) is 1. The summed E-state index contributed by atoms with van der Waals surface area (Å²) in [6.45, 7) is 4.62. The third kappa shape index (κ3) is 5.20. The van der Waals surface area contributed by atoms with Crippen molar-refractivity contribution in [3.05, 3.63) is 122 Å². The second-order valence-corrected chi connectivity index (χ2v) is 8.85. The standard InChI is InChI=1S/C30H28N4O4/c1-3-26-25(18-20-10-6-5-7-11-20)28(35)34(29(31-26)37-4-2)19-21-14-16-22(17-15-21)23-12-8-9-13-24(23)27-32-30(36)38-33-27/h5-17H,3-4,18-19H2,1-2H3,(H,32,33,36). The molecule has 0 unspecified atom stereocenters. The van der Waals surface area contributed by atoms with E-state index in [1.165, 1.54) is 0 Å². The Morgan fingerprint density at radius 3 is 2.24 bits per heavy atom. The molecule has 2 heterocycles. The fourth-order valence-corrected chi connectivity index (χ4v) is 4.52. The maximum absolute atomic E-state index is 13.7. The van der Waals surface area contributed by atoms with Crippen LogP contribution in [0.3, 0.4) is 0 Å². The number of hydrogen-bond acceptors (Lipinski definition) is 6. The lowest BCUT2D eigenvalue weighted by Crippen LogP contribution is -2.29. The molecule has 0 aliphatic rings. The van der Waals surface area contributed by atoms with Crippen LogP contribution < -0.4 is 16.1 Å². The molecule has 38 heavy (non-hydrogen) atoms. The van der Waals surface area contributed by atoms with Crippen LogP contribution in [0.1, 0.15) is 36.2 Å². The van der Waals surface area contributed by atoms with Crippen LogP contribution in [-0.2, 0) is 19.4 Å². The van der Waals surface area contributed by atoms with Crippen LogP contribution in [0.15, 0.2) is 93.0 Å². The number of benzene rings is 3. The number of aromatic nitrogens is 4. The summed E-state index contributed by atoms with van der Waals surface area (Å²) in [5.41, 5.74) is 5.95. The van der Waals surface area contributed by atoms with Gasteiger partial charge in [-0.25, -0.2) is 9.78 Å². The lowest BCUT2D eigenvalue weighted by Gasteiger charge is -2.17. The number of rotatable bonds is 9. The van der Waals surface area contributed by atoms with Gasteiger partial charge in [-0.2, -0.15) is 0 Å². The number of H-pyrrole nitrogens is 1. The molecule has 0 spiro atoms. The molecule has 5 rings (SSSR count).